The summed E-state index contributed by atoms with van der Waals surface area (Å²) in [5, 5.41) is 0. The Morgan fingerprint density at radius 1 is 0.909 bits per heavy atom. The molecule has 0 unspecified atom stereocenters. The van der Waals surface area contributed by atoms with Crippen LogP contribution in [0.1, 0.15) is 69.2 Å². The number of carbonyl (C=O) groups excluding carboxylic acids is 1. The summed E-state index contributed by atoms with van der Waals surface area (Å²) in [5.41, 5.74) is 0.857. The molecular formula is C20H33OP. The van der Waals surface area contributed by atoms with Crippen LogP contribution in [0.4, 0.5) is 0 Å². The summed E-state index contributed by atoms with van der Waals surface area (Å²) >= 11 is 0. The molecule has 1 nitrogen and oxygen atoms in total. The Morgan fingerprint density at radius 2 is 1.45 bits per heavy atom. The van der Waals surface area contributed by atoms with E-state index >= 15 is 0 Å². The SMILES string of the molecule is C=P(CCCC)(CCCC)CCCCC(=O)c1ccccc1. The zero-order chi connectivity index (χ0) is 16.3. The van der Waals surface area contributed by atoms with Crippen LogP contribution in [-0.4, -0.2) is 30.6 Å². The van der Waals surface area contributed by atoms with Gasteiger partial charge in [0.25, 0.3) is 0 Å². The minimum atomic E-state index is -0.996. The molecular weight excluding hydrogens is 287 g/mol. The summed E-state index contributed by atoms with van der Waals surface area (Å²) in [6.07, 6.45) is 16.7. The zero-order valence-electron chi connectivity index (χ0n) is 14.5. The van der Waals surface area contributed by atoms with E-state index in [4.69, 9.17) is 0 Å². The van der Waals surface area contributed by atoms with Crippen LogP contribution in [0.25, 0.3) is 0 Å². The van der Waals surface area contributed by atoms with Crippen molar-refractivity contribution in [2.24, 2.45) is 0 Å². The van der Waals surface area contributed by atoms with Gasteiger partial charge in [-0.1, -0.05) is 57.0 Å². The normalized spacial score (nSPS) is 11.5. The van der Waals surface area contributed by atoms with Crippen molar-refractivity contribution in [1.29, 1.82) is 0 Å². The number of hydrogen-bond acceptors (Lipinski definition) is 1. The molecule has 0 aliphatic heterocycles. The number of ketones is 1. The predicted molar refractivity (Wildman–Crippen MR) is 103 cm³/mol. The van der Waals surface area contributed by atoms with Crippen LogP contribution in [0, 0.1) is 0 Å². The Balaban J connectivity index is 2.36. The van der Waals surface area contributed by atoms with E-state index < -0.39 is 6.89 Å². The summed E-state index contributed by atoms with van der Waals surface area (Å²) in [6, 6.07) is 9.68. The summed E-state index contributed by atoms with van der Waals surface area (Å²) in [5.74, 6) is 0.288. The first-order valence-corrected chi connectivity index (χ1v) is 11.4. The molecule has 0 aromatic heterocycles. The summed E-state index contributed by atoms with van der Waals surface area (Å²) in [6.45, 7) is 3.54. The maximum absolute atomic E-state index is 12.1. The van der Waals surface area contributed by atoms with Crippen molar-refractivity contribution in [2.75, 3.05) is 18.5 Å². The van der Waals surface area contributed by atoms with E-state index in [1.807, 2.05) is 30.3 Å². The quantitative estimate of drug-likeness (QED) is 0.259. The number of rotatable bonds is 12. The highest BCUT2D eigenvalue weighted by Crippen LogP contribution is 2.47. The second-order valence-corrected chi connectivity index (χ2v) is 10.5. The fraction of sp³-hybridized carbons (Fsp3) is 0.600. The number of unbranched alkanes of at least 4 members (excludes halogenated alkanes) is 3. The molecule has 1 rings (SSSR count). The van der Waals surface area contributed by atoms with Crippen molar-refractivity contribution in [2.45, 2.75) is 58.8 Å². The van der Waals surface area contributed by atoms with Crippen LogP contribution in [0.5, 0.6) is 0 Å². The van der Waals surface area contributed by atoms with E-state index in [0.717, 1.165) is 12.0 Å². The van der Waals surface area contributed by atoms with E-state index in [2.05, 4.69) is 20.1 Å². The van der Waals surface area contributed by atoms with Gasteiger partial charge in [-0.25, -0.2) is 0 Å². The topological polar surface area (TPSA) is 17.1 Å². The van der Waals surface area contributed by atoms with E-state index in [-0.39, 0.29) is 5.78 Å². The summed E-state index contributed by atoms with van der Waals surface area (Å²) < 4.78 is 0. The first kappa shape index (κ1) is 19.2. The van der Waals surface area contributed by atoms with Crippen LogP contribution < -0.4 is 0 Å². The number of Topliss-reactive ketones (excluding diaryl/α,β-unsaturated/α-hetero) is 1. The highest BCUT2D eigenvalue weighted by atomic mass is 31.2. The number of carbonyl (C=O) groups is 1. The Labute approximate surface area is 137 Å². The van der Waals surface area contributed by atoms with E-state index in [1.165, 1.54) is 50.6 Å². The lowest BCUT2D eigenvalue weighted by Gasteiger charge is -2.24. The summed E-state index contributed by atoms with van der Waals surface area (Å²) in [7, 11) is 0. The van der Waals surface area contributed by atoms with Gasteiger partial charge in [0.1, 0.15) is 0 Å². The van der Waals surface area contributed by atoms with Gasteiger partial charge in [-0.2, -0.15) is 0 Å². The first-order valence-electron chi connectivity index (χ1n) is 8.90. The van der Waals surface area contributed by atoms with Crippen molar-refractivity contribution in [3.63, 3.8) is 0 Å². The molecule has 0 heterocycles. The van der Waals surface area contributed by atoms with Gasteiger partial charge in [0.2, 0.25) is 0 Å². The monoisotopic (exact) mass is 320 g/mol. The van der Waals surface area contributed by atoms with Crippen LogP contribution in [0.2, 0.25) is 0 Å². The lowest BCUT2D eigenvalue weighted by molar-refractivity contribution is 0.0980. The largest absolute Gasteiger partial charge is 0.294 e. The van der Waals surface area contributed by atoms with Gasteiger partial charge in [-0.05, 0) is 44.2 Å². The maximum atomic E-state index is 12.1. The Hall–Kier alpha value is -0.810. The van der Waals surface area contributed by atoms with Crippen molar-refractivity contribution in [3.05, 3.63) is 35.9 Å². The van der Waals surface area contributed by atoms with E-state index in [1.54, 1.807) is 0 Å². The maximum Gasteiger partial charge on any atom is 0.162 e. The molecule has 0 fully saturated rings. The van der Waals surface area contributed by atoms with Gasteiger partial charge in [0.15, 0.2) is 5.78 Å². The van der Waals surface area contributed by atoms with Gasteiger partial charge < -0.3 is 0 Å². The number of benzene rings is 1. The predicted octanol–water partition coefficient (Wildman–Crippen LogP) is 6.09. The molecule has 0 saturated carbocycles. The standard InChI is InChI=1S/C20H33OP/c1-4-6-16-22(3,17-7-5-2)18-12-11-15-20(21)19-13-9-8-10-14-19/h8-10,13-14H,3-7,11-12,15-18H2,1-2H3. The van der Waals surface area contributed by atoms with E-state index in [9.17, 15) is 4.79 Å². The average Bonchev–Trinajstić information content (AvgIpc) is 2.56. The molecule has 2 heteroatoms. The lowest BCUT2D eigenvalue weighted by Crippen LogP contribution is -2.03. The third-order valence-electron chi connectivity index (χ3n) is 4.35. The van der Waals surface area contributed by atoms with Gasteiger partial charge in [-0.15, -0.1) is 13.2 Å². The van der Waals surface area contributed by atoms with Gasteiger partial charge >= 0.3 is 0 Å². The van der Waals surface area contributed by atoms with Crippen LogP contribution >= 0.6 is 6.89 Å². The van der Waals surface area contributed by atoms with Crippen LogP contribution in [0.3, 0.4) is 0 Å². The molecule has 0 saturated heterocycles. The first-order chi connectivity index (χ1) is 10.6. The van der Waals surface area contributed by atoms with E-state index in [0.29, 0.717) is 6.42 Å². The second-order valence-electron chi connectivity index (χ2n) is 6.47. The Kier molecular flexibility index (Phi) is 9.48. The molecule has 0 aliphatic rings. The minimum absolute atomic E-state index is 0.288. The molecule has 0 radical (unpaired) electrons. The summed E-state index contributed by atoms with van der Waals surface area (Å²) in [4.78, 5) is 12.1. The van der Waals surface area contributed by atoms with Gasteiger partial charge in [0.05, 0.1) is 0 Å². The Bertz CT molecular complexity index is 452. The minimum Gasteiger partial charge on any atom is -0.294 e. The molecule has 0 spiro atoms. The van der Waals surface area contributed by atoms with Crippen molar-refractivity contribution in [3.8, 4) is 0 Å². The second kappa shape index (κ2) is 10.8. The van der Waals surface area contributed by atoms with Crippen molar-refractivity contribution >= 4 is 19.0 Å². The fourth-order valence-corrected chi connectivity index (χ4v) is 6.36. The third kappa shape index (κ3) is 7.45. The van der Waals surface area contributed by atoms with Crippen molar-refractivity contribution < 1.29 is 4.79 Å². The third-order valence-corrected chi connectivity index (χ3v) is 8.15. The molecule has 0 amide bonds. The fourth-order valence-electron chi connectivity index (χ4n) is 2.82. The van der Waals surface area contributed by atoms with Crippen LogP contribution in [0.15, 0.2) is 30.3 Å². The van der Waals surface area contributed by atoms with Crippen molar-refractivity contribution in [1.82, 2.24) is 0 Å². The molecule has 0 aliphatic carbocycles. The zero-order valence-corrected chi connectivity index (χ0v) is 15.4. The highest BCUT2D eigenvalue weighted by Gasteiger charge is 2.13. The molecule has 1 aromatic carbocycles. The van der Waals surface area contributed by atoms with Crippen LogP contribution in [-0.2, 0) is 0 Å². The lowest BCUT2D eigenvalue weighted by atomic mass is 10.1. The molecule has 0 bridgehead atoms. The molecule has 1 aromatic rings. The molecule has 0 atom stereocenters. The van der Waals surface area contributed by atoms with Gasteiger partial charge in [0, 0.05) is 12.0 Å². The highest BCUT2D eigenvalue weighted by molar-refractivity contribution is 7.73. The average molecular weight is 320 g/mol. The molecule has 124 valence electrons. The molecule has 0 N–H and O–H groups in total. The molecule has 22 heavy (non-hydrogen) atoms. The van der Waals surface area contributed by atoms with Gasteiger partial charge in [-0.3, -0.25) is 4.79 Å². The smallest absolute Gasteiger partial charge is 0.162 e. The Morgan fingerprint density at radius 3 is 2.00 bits per heavy atom. The number of hydrogen-bond donors (Lipinski definition) is 0.